The van der Waals surface area contributed by atoms with E-state index in [2.05, 4.69) is 10.3 Å². The molecule has 2 heterocycles. The highest BCUT2D eigenvalue weighted by Crippen LogP contribution is 2.23. The van der Waals surface area contributed by atoms with Gasteiger partial charge in [-0.15, -0.1) is 0 Å². The summed E-state index contributed by atoms with van der Waals surface area (Å²) in [5, 5.41) is 24.4. The molecular formula is C15H11N5O5. The third kappa shape index (κ3) is 3.27. The van der Waals surface area contributed by atoms with Gasteiger partial charge < -0.3 is 9.72 Å². The number of hydrogen-bond acceptors (Lipinski definition) is 6. The van der Waals surface area contributed by atoms with Crippen molar-refractivity contribution in [2.24, 2.45) is 0 Å². The van der Waals surface area contributed by atoms with Gasteiger partial charge in [0.1, 0.15) is 5.65 Å². The van der Waals surface area contributed by atoms with Crippen LogP contribution in [0.15, 0.2) is 42.7 Å². The second-order valence-corrected chi connectivity index (χ2v) is 5.27. The van der Waals surface area contributed by atoms with Gasteiger partial charge in [-0.05, 0) is 19.1 Å². The van der Waals surface area contributed by atoms with Crippen molar-refractivity contribution in [2.75, 3.05) is 5.32 Å². The Morgan fingerprint density at radius 2 is 1.72 bits per heavy atom. The first-order valence-corrected chi connectivity index (χ1v) is 7.04. The summed E-state index contributed by atoms with van der Waals surface area (Å²) in [7, 11) is 0. The number of nitro benzene ring substituents is 2. The molecule has 3 aromatic rings. The Morgan fingerprint density at radius 3 is 2.32 bits per heavy atom. The van der Waals surface area contributed by atoms with Crippen LogP contribution in [-0.2, 0) is 0 Å². The van der Waals surface area contributed by atoms with E-state index >= 15 is 0 Å². The van der Waals surface area contributed by atoms with Crippen LogP contribution in [0, 0.1) is 27.2 Å². The number of nitrogens with zero attached hydrogens (tertiary/aromatic N) is 4. The predicted molar refractivity (Wildman–Crippen MR) is 87.6 cm³/mol. The fourth-order valence-electron chi connectivity index (χ4n) is 2.33. The van der Waals surface area contributed by atoms with Gasteiger partial charge >= 0.3 is 0 Å². The van der Waals surface area contributed by atoms with E-state index in [1.807, 2.05) is 6.92 Å². The normalized spacial score (nSPS) is 10.6. The minimum Gasteiger partial charge on any atom is -0.321 e. The number of aromatic nitrogens is 2. The Balaban J connectivity index is 1.93. The molecule has 10 nitrogen and oxygen atoms in total. The Kier molecular flexibility index (Phi) is 3.85. The Bertz CT molecular complexity index is 994. The van der Waals surface area contributed by atoms with Crippen molar-refractivity contribution >= 4 is 28.6 Å². The van der Waals surface area contributed by atoms with Gasteiger partial charge in [0.2, 0.25) is 0 Å². The van der Waals surface area contributed by atoms with Crippen LogP contribution in [0.4, 0.5) is 17.1 Å². The number of amides is 1. The molecule has 1 N–H and O–H groups in total. The molecule has 126 valence electrons. The Labute approximate surface area is 140 Å². The molecule has 0 fully saturated rings. The fraction of sp³-hybridized carbons (Fsp3) is 0.0667. The average molecular weight is 341 g/mol. The Morgan fingerprint density at radius 1 is 1.08 bits per heavy atom. The maximum Gasteiger partial charge on any atom is 0.277 e. The average Bonchev–Trinajstić information content (AvgIpc) is 2.93. The van der Waals surface area contributed by atoms with E-state index in [0.717, 1.165) is 23.9 Å². The molecule has 0 unspecified atom stereocenters. The van der Waals surface area contributed by atoms with Crippen molar-refractivity contribution in [3.63, 3.8) is 0 Å². The number of aryl methyl sites for hydroxylation is 1. The summed E-state index contributed by atoms with van der Waals surface area (Å²) in [5.74, 6) is -0.692. The van der Waals surface area contributed by atoms with Crippen molar-refractivity contribution in [1.82, 2.24) is 9.38 Å². The zero-order valence-corrected chi connectivity index (χ0v) is 12.9. The number of non-ortho nitro benzene ring substituents is 2. The number of carbonyl (C=O) groups excluding carboxylic acids is 1. The number of anilines is 1. The summed E-state index contributed by atoms with van der Waals surface area (Å²) in [6.45, 7) is 1.83. The minimum absolute atomic E-state index is 0.178. The molecule has 25 heavy (non-hydrogen) atoms. The van der Waals surface area contributed by atoms with Gasteiger partial charge in [0, 0.05) is 24.5 Å². The first-order valence-electron chi connectivity index (χ1n) is 7.04. The Hall–Kier alpha value is -3.82. The van der Waals surface area contributed by atoms with Crippen LogP contribution in [0.25, 0.3) is 5.65 Å². The van der Waals surface area contributed by atoms with E-state index in [4.69, 9.17) is 0 Å². The van der Waals surface area contributed by atoms with Crippen LogP contribution < -0.4 is 5.32 Å². The number of hydrogen-bond donors (Lipinski definition) is 1. The van der Waals surface area contributed by atoms with Crippen LogP contribution in [-0.4, -0.2) is 25.1 Å². The lowest BCUT2D eigenvalue weighted by molar-refractivity contribution is -0.394. The van der Waals surface area contributed by atoms with Gasteiger partial charge in [-0.1, -0.05) is 0 Å². The highest BCUT2D eigenvalue weighted by molar-refractivity contribution is 6.05. The number of fused-ring (bicyclic) bond motifs is 1. The van der Waals surface area contributed by atoms with Crippen LogP contribution in [0.3, 0.4) is 0 Å². The smallest absolute Gasteiger partial charge is 0.277 e. The van der Waals surface area contributed by atoms with E-state index in [-0.39, 0.29) is 5.56 Å². The van der Waals surface area contributed by atoms with E-state index in [0.29, 0.717) is 11.3 Å². The number of carbonyl (C=O) groups is 1. The lowest BCUT2D eigenvalue weighted by Gasteiger charge is -2.06. The maximum atomic E-state index is 12.3. The lowest BCUT2D eigenvalue weighted by Crippen LogP contribution is -2.13. The number of imidazole rings is 1. The van der Waals surface area contributed by atoms with Gasteiger partial charge in [0.05, 0.1) is 32.9 Å². The van der Waals surface area contributed by atoms with Gasteiger partial charge in [0.15, 0.2) is 0 Å². The molecule has 1 amide bonds. The second kappa shape index (κ2) is 6.00. The molecule has 0 aliphatic carbocycles. The number of rotatable bonds is 4. The van der Waals surface area contributed by atoms with Gasteiger partial charge in [-0.2, -0.15) is 0 Å². The summed E-state index contributed by atoms with van der Waals surface area (Å²) in [4.78, 5) is 36.8. The summed E-state index contributed by atoms with van der Waals surface area (Å²) in [6.07, 6.45) is 3.39. The second-order valence-electron chi connectivity index (χ2n) is 5.27. The van der Waals surface area contributed by atoms with Gasteiger partial charge in [-0.25, -0.2) is 4.98 Å². The highest BCUT2D eigenvalue weighted by Gasteiger charge is 2.20. The summed E-state index contributed by atoms with van der Waals surface area (Å²) < 4.78 is 1.71. The standard InChI is InChI=1S/C15H11N5O5/c1-9-7-18-8-11(2-3-14(18)16-9)17-15(21)10-4-12(19(22)23)6-13(5-10)20(24)25/h2-8H,1H3,(H,17,21). The quantitative estimate of drug-likeness (QED) is 0.573. The fourth-order valence-corrected chi connectivity index (χ4v) is 2.33. The third-order valence-corrected chi connectivity index (χ3v) is 3.42. The van der Waals surface area contributed by atoms with Crippen molar-refractivity contribution in [1.29, 1.82) is 0 Å². The zero-order chi connectivity index (χ0) is 18.1. The van der Waals surface area contributed by atoms with Crippen molar-refractivity contribution in [3.05, 3.63) is 74.2 Å². The molecule has 0 saturated heterocycles. The van der Waals surface area contributed by atoms with Crippen LogP contribution in [0.1, 0.15) is 16.1 Å². The number of nitro groups is 2. The number of pyridine rings is 1. The molecule has 0 spiro atoms. The monoisotopic (exact) mass is 341 g/mol. The molecule has 0 saturated carbocycles. The van der Waals surface area contributed by atoms with Crippen LogP contribution in [0.5, 0.6) is 0 Å². The zero-order valence-electron chi connectivity index (χ0n) is 12.9. The predicted octanol–water partition coefficient (Wildman–Crippen LogP) is 2.71. The van der Waals surface area contributed by atoms with Gasteiger partial charge in [-0.3, -0.25) is 25.0 Å². The van der Waals surface area contributed by atoms with Crippen molar-refractivity contribution < 1.29 is 14.6 Å². The molecular weight excluding hydrogens is 330 g/mol. The molecule has 0 aliphatic rings. The lowest BCUT2D eigenvalue weighted by atomic mass is 10.1. The first-order chi connectivity index (χ1) is 11.8. The summed E-state index contributed by atoms with van der Waals surface area (Å²) >= 11 is 0. The molecule has 1 aromatic carbocycles. The summed E-state index contributed by atoms with van der Waals surface area (Å²) in [5.41, 5.74) is 0.686. The van der Waals surface area contributed by atoms with Crippen molar-refractivity contribution in [3.8, 4) is 0 Å². The van der Waals surface area contributed by atoms with E-state index in [1.54, 1.807) is 28.9 Å². The highest BCUT2D eigenvalue weighted by atomic mass is 16.6. The molecule has 0 radical (unpaired) electrons. The third-order valence-electron chi connectivity index (χ3n) is 3.42. The molecule has 0 aliphatic heterocycles. The maximum absolute atomic E-state index is 12.3. The molecule has 10 heteroatoms. The summed E-state index contributed by atoms with van der Waals surface area (Å²) in [6, 6.07) is 6.09. The van der Waals surface area contributed by atoms with Crippen LogP contribution >= 0.6 is 0 Å². The van der Waals surface area contributed by atoms with E-state index in [9.17, 15) is 25.0 Å². The molecule has 2 aromatic heterocycles. The number of benzene rings is 1. The van der Waals surface area contributed by atoms with Gasteiger partial charge in [0.25, 0.3) is 17.3 Å². The largest absolute Gasteiger partial charge is 0.321 e. The topological polar surface area (TPSA) is 133 Å². The van der Waals surface area contributed by atoms with Crippen LogP contribution in [0.2, 0.25) is 0 Å². The van der Waals surface area contributed by atoms with Crippen molar-refractivity contribution in [2.45, 2.75) is 6.92 Å². The SMILES string of the molecule is Cc1cn2cc(NC(=O)c3cc([N+](=O)[O-])cc([N+](=O)[O-])c3)ccc2n1. The van der Waals surface area contributed by atoms with E-state index in [1.165, 1.54) is 0 Å². The number of nitrogens with one attached hydrogen (secondary N) is 1. The minimum atomic E-state index is -0.788. The molecule has 0 atom stereocenters. The van der Waals surface area contributed by atoms with E-state index < -0.39 is 27.1 Å². The molecule has 3 rings (SSSR count). The first kappa shape index (κ1) is 16.1. The molecule has 0 bridgehead atoms.